The van der Waals surface area contributed by atoms with Crippen molar-refractivity contribution >= 4 is 10.2 Å². The summed E-state index contributed by atoms with van der Waals surface area (Å²) in [5, 5.41) is 0. The number of nitrogens with two attached hydrogens (primary N) is 1. The quantitative estimate of drug-likeness (QED) is 0.654. The summed E-state index contributed by atoms with van der Waals surface area (Å²) in [5.74, 6) is 0.592. The Morgan fingerprint density at radius 1 is 1.43 bits per heavy atom. The molecule has 2 unspecified atom stereocenters. The van der Waals surface area contributed by atoms with Crippen molar-refractivity contribution < 1.29 is 8.42 Å². The molecule has 2 rings (SSSR count). The Bertz CT molecular complexity index is 304. The summed E-state index contributed by atoms with van der Waals surface area (Å²) in [6, 6.07) is 0.246. The average molecular weight is 219 g/mol. The number of rotatable bonds is 4. The van der Waals surface area contributed by atoms with E-state index in [1.807, 2.05) is 0 Å². The fraction of sp³-hybridized carbons (Fsp3) is 1.00. The third-order valence-electron chi connectivity index (χ3n) is 3.10. The topological polar surface area (TPSA) is 75.4 Å². The van der Waals surface area contributed by atoms with Crippen LogP contribution >= 0.6 is 0 Å². The van der Waals surface area contributed by atoms with Gasteiger partial charge in [-0.05, 0) is 25.2 Å². The molecule has 6 heteroatoms. The zero-order valence-electron chi connectivity index (χ0n) is 8.15. The van der Waals surface area contributed by atoms with Crippen LogP contribution < -0.4 is 10.5 Å². The highest BCUT2D eigenvalue weighted by Gasteiger charge is 2.43. The van der Waals surface area contributed by atoms with E-state index >= 15 is 0 Å². The Morgan fingerprint density at radius 2 is 2.21 bits per heavy atom. The maximum atomic E-state index is 11.7. The van der Waals surface area contributed by atoms with Crippen LogP contribution in [-0.4, -0.2) is 38.4 Å². The van der Waals surface area contributed by atoms with E-state index in [4.69, 9.17) is 5.73 Å². The highest BCUT2D eigenvalue weighted by atomic mass is 32.2. The van der Waals surface area contributed by atoms with Crippen molar-refractivity contribution in [2.75, 3.05) is 19.6 Å². The second-order valence-electron chi connectivity index (χ2n) is 4.09. The molecule has 1 saturated heterocycles. The lowest BCUT2D eigenvalue weighted by Crippen LogP contribution is -2.46. The SMILES string of the molecule is NCCNS(=O)(=O)N1CC2CCC1C2. The first-order valence-corrected chi connectivity index (χ1v) is 6.54. The molecule has 1 heterocycles. The second kappa shape index (κ2) is 3.77. The van der Waals surface area contributed by atoms with Crippen molar-refractivity contribution in [2.45, 2.75) is 25.3 Å². The van der Waals surface area contributed by atoms with Crippen LogP contribution in [0.3, 0.4) is 0 Å². The van der Waals surface area contributed by atoms with E-state index in [2.05, 4.69) is 4.72 Å². The van der Waals surface area contributed by atoms with E-state index in [0.717, 1.165) is 12.8 Å². The van der Waals surface area contributed by atoms with Gasteiger partial charge < -0.3 is 5.73 Å². The maximum Gasteiger partial charge on any atom is 0.279 e. The van der Waals surface area contributed by atoms with Crippen LogP contribution in [0.2, 0.25) is 0 Å². The summed E-state index contributed by atoms with van der Waals surface area (Å²) in [4.78, 5) is 0. The molecule has 82 valence electrons. The van der Waals surface area contributed by atoms with Gasteiger partial charge in [0.05, 0.1) is 0 Å². The third-order valence-corrected chi connectivity index (χ3v) is 4.73. The maximum absolute atomic E-state index is 11.7. The van der Waals surface area contributed by atoms with E-state index in [-0.39, 0.29) is 6.04 Å². The molecule has 1 saturated carbocycles. The molecular formula is C8H17N3O2S. The van der Waals surface area contributed by atoms with Gasteiger partial charge in [-0.25, -0.2) is 4.72 Å². The number of hydrogen-bond acceptors (Lipinski definition) is 3. The van der Waals surface area contributed by atoms with Crippen LogP contribution in [0.15, 0.2) is 0 Å². The van der Waals surface area contributed by atoms with E-state index in [1.165, 1.54) is 6.42 Å². The lowest BCUT2D eigenvalue weighted by Gasteiger charge is -2.25. The van der Waals surface area contributed by atoms with Crippen LogP contribution in [0.1, 0.15) is 19.3 Å². The summed E-state index contributed by atoms with van der Waals surface area (Å²) >= 11 is 0. The molecule has 0 spiro atoms. The molecule has 0 radical (unpaired) electrons. The van der Waals surface area contributed by atoms with E-state index in [9.17, 15) is 8.42 Å². The van der Waals surface area contributed by atoms with Crippen LogP contribution in [0.5, 0.6) is 0 Å². The number of fused-ring (bicyclic) bond motifs is 2. The van der Waals surface area contributed by atoms with Crippen molar-refractivity contribution in [3.05, 3.63) is 0 Å². The molecule has 0 aromatic heterocycles. The molecule has 1 aliphatic heterocycles. The Balaban J connectivity index is 2.01. The van der Waals surface area contributed by atoms with E-state index in [0.29, 0.717) is 25.6 Å². The Labute approximate surface area is 84.8 Å². The predicted octanol–water partition coefficient (Wildman–Crippen LogP) is -0.736. The molecule has 5 nitrogen and oxygen atoms in total. The summed E-state index contributed by atoms with van der Waals surface area (Å²) in [7, 11) is -3.25. The van der Waals surface area contributed by atoms with E-state index < -0.39 is 10.2 Å². The molecule has 0 aromatic rings. The minimum Gasteiger partial charge on any atom is -0.329 e. The Morgan fingerprint density at radius 3 is 2.71 bits per heavy atom. The van der Waals surface area contributed by atoms with Gasteiger partial charge in [-0.1, -0.05) is 0 Å². The van der Waals surface area contributed by atoms with Gasteiger partial charge in [-0.3, -0.25) is 0 Å². The van der Waals surface area contributed by atoms with Gasteiger partial charge in [0.1, 0.15) is 0 Å². The van der Waals surface area contributed by atoms with Crippen LogP contribution in [0.4, 0.5) is 0 Å². The standard InChI is InChI=1S/C8H17N3O2S/c9-3-4-10-14(12,13)11-6-7-1-2-8(11)5-7/h7-8,10H,1-6,9H2. The number of hydrogen-bond donors (Lipinski definition) is 2. The molecule has 1 aliphatic carbocycles. The van der Waals surface area contributed by atoms with Crippen molar-refractivity contribution in [1.82, 2.24) is 9.03 Å². The highest BCUT2D eigenvalue weighted by molar-refractivity contribution is 7.87. The first-order valence-electron chi connectivity index (χ1n) is 5.10. The summed E-state index contributed by atoms with van der Waals surface area (Å²) in [6.45, 7) is 1.38. The van der Waals surface area contributed by atoms with Crippen molar-refractivity contribution in [1.29, 1.82) is 0 Å². The minimum absolute atomic E-state index is 0.246. The van der Waals surface area contributed by atoms with Crippen LogP contribution in [0.25, 0.3) is 0 Å². The fourth-order valence-electron chi connectivity index (χ4n) is 2.44. The summed E-state index contributed by atoms with van der Waals surface area (Å²) in [5.41, 5.74) is 5.26. The van der Waals surface area contributed by atoms with E-state index in [1.54, 1.807) is 4.31 Å². The minimum atomic E-state index is -3.25. The fourth-order valence-corrected chi connectivity index (χ4v) is 3.98. The number of piperidine rings is 1. The molecule has 2 aliphatic rings. The largest absolute Gasteiger partial charge is 0.329 e. The monoisotopic (exact) mass is 219 g/mol. The van der Waals surface area contributed by atoms with Crippen molar-refractivity contribution in [3.63, 3.8) is 0 Å². The zero-order chi connectivity index (χ0) is 10.2. The molecule has 2 atom stereocenters. The van der Waals surface area contributed by atoms with Gasteiger partial charge in [0, 0.05) is 25.7 Å². The number of nitrogens with one attached hydrogen (secondary N) is 1. The summed E-state index contributed by atoms with van der Waals surface area (Å²) < 4.78 is 27.6. The van der Waals surface area contributed by atoms with Crippen LogP contribution in [-0.2, 0) is 10.2 Å². The lowest BCUT2D eigenvalue weighted by molar-refractivity contribution is 0.329. The molecule has 0 amide bonds. The Hall–Kier alpha value is -0.170. The van der Waals surface area contributed by atoms with Gasteiger partial charge in [0.25, 0.3) is 10.2 Å². The zero-order valence-corrected chi connectivity index (χ0v) is 8.96. The summed E-state index contributed by atoms with van der Waals surface area (Å²) in [6.07, 6.45) is 3.26. The Kier molecular flexibility index (Phi) is 2.79. The molecule has 2 fully saturated rings. The van der Waals surface area contributed by atoms with Gasteiger partial charge in [0.15, 0.2) is 0 Å². The first kappa shape index (κ1) is 10.4. The average Bonchev–Trinajstić information content (AvgIpc) is 2.75. The third kappa shape index (κ3) is 1.79. The molecule has 0 aromatic carbocycles. The van der Waals surface area contributed by atoms with Crippen molar-refractivity contribution in [3.8, 4) is 0 Å². The lowest BCUT2D eigenvalue weighted by atomic mass is 10.1. The van der Waals surface area contributed by atoms with Gasteiger partial charge in [0.2, 0.25) is 0 Å². The molecule has 3 N–H and O–H groups in total. The normalized spacial score (nSPS) is 32.6. The van der Waals surface area contributed by atoms with Gasteiger partial charge in [-0.15, -0.1) is 0 Å². The highest BCUT2D eigenvalue weighted by Crippen LogP contribution is 2.38. The van der Waals surface area contributed by atoms with Crippen LogP contribution in [0, 0.1) is 5.92 Å². The van der Waals surface area contributed by atoms with Gasteiger partial charge >= 0.3 is 0 Å². The number of nitrogens with zero attached hydrogens (tertiary/aromatic N) is 1. The first-order chi connectivity index (χ1) is 6.63. The van der Waals surface area contributed by atoms with Crippen molar-refractivity contribution in [2.24, 2.45) is 11.7 Å². The molecule has 2 bridgehead atoms. The second-order valence-corrected chi connectivity index (χ2v) is 5.80. The predicted molar refractivity (Wildman–Crippen MR) is 53.8 cm³/mol. The smallest absolute Gasteiger partial charge is 0.279 e. The van der Waals surface area contributed by atoms with Gasteiger partial charge in [-0.2, -0.15) is 12.7 Å². The molecular weight excluding hydrogens is 202 g/mol. The molecule has 14 heavy (non-hydrogen) atoms.